The van der Waals surface area contributed by atoms with E-state index in [2.05, 4.69) is 11.4 Å². The van der Waals surface area contributed by atoms with E-state index in [9.17, 15) is 4.79 Å². The molecule has 0 atom stereocenters. The minimum atomic E-state index is -0.0307. The standard InChI is InChI=1S/C27H27N3O2S2/c1-16-12-17(2)14-19(13-16)28-23(31)15-33-26-24-21-6-4-5-7-22(21)34-27(24)30-25(29-26)18-8-10-20(32-3)11-9-18/h8-14H,4-7,15H2,1-3H3,(H,28,31). The van der Waals surface area contributed by atoms with Gasteiger partial charge in [-0.2, -0.15) is 0 Å². The first-order valence-electron chi connectivity index (χ1n) is 11.5. The molecule has 5 nitrogen and oxygen atoms in total. The maximum atomic E-state index is 12.8. The summed E-state index contributed by atoms with van der Waals surface area (Å²) in [5, 5.41) is 5.08. The molecule has 2 aromatic heterocycles. The van der Waals surface area contributed by atoms with E-state index in [1.807, 2.05) is 50.2 Å². The van der Waals surface area contributed by atoms with Gasteiger partial charge in [0, 0.05) is 21.5 Å². The monoisotopic (exact) mass is 489 g/mol. The van der Waals surface area contributed by atoms with Crippen LogP contribution in [0.4, 0.5) is 5.69 Å². The highest BCUT2D eigenvalue weighted by atomic mass is 32.2. The van der Waals surface area contributed by atoms with Crippen molar-refractivity contribution in [1.82, 2.24) is 9.97 Å². The lowest BCUT2D eigenvalue weighted by Gasteiger charge is -2.12. The van der Waals surface area contributed by atoms with Crippen LogP contribution in [0.25, 0.3) is 21.6 Å². The van der Waals surface area contributed by atoms with E-state index >= 15 is 0 Å². The number of aromatic nitrogens is 2. The molecular weight excluding hydrogens is 462 g/mol. The summed E-state index contributed by atoms with van der Waals surface area (Å²) in [4.78, 5) is 25.1. The molecule has 1 aliphatic rings. The topological polar surface area (TPSA) is 64.1 Å². The zero-order chi connectivity index (χ0) is 23.7. The van der Waals surface area contributed by atoms with Crippen molar-refractivity contribution in [1.29, 1.82) is 0 Å². The number of ether oxygens (including phenoxy) is 1. The molecule has 174 valence electrons. The number of hydrogen-bond acceptors (Lipinski definition) is 6. The molecule has 5 rings (SSSR count). The third-order valence-corrected chi connectivity index (χ3v) is 8.14. The van der Waals surface area contributed by atoms with Gasteiger partial charge in [0.15, 0.2) is 5.82 Å². The van der Waals surface area contributed by atoms with Crippen LogP contribution in [-0.2, 0) is 17.6 Å². The van der Waals surface area contributed by atoms with Gasteiger partial charge in [0.1, 0.15) is 15.6 Å². The van der Waals surface area contributed by atoms with Crippen LogP contribution in [0.1, 0.15) is 34.4 Å². The molecule has 0 saturated carbocycles. The first-order chi connectivity index (χ1) is 16.5. The number of aryl methyl sites for hydroxylation is 4. The molecule has 0 unspecified atom stereocenters. The Labute approximate surface area is 208 Å². The molecule has 0 saturated heterocycles. The predicted molar refractivity (Wildman–Crippen MR) is 141 cm³/mol. The van der Waals surface area contributed by atoms with Crippen LogP contribution in [0.15, 0.2) is 47.5 Å². The van der Waals surface area contributed by atoms with E-state index in [0.717, 1.165) is 56.2 Å². The Balaban J connectivity index is 1.46. The van der Waals surface area contributed by atoms with Gasteiger partial charge in [-0.3, -0.25) is 4.79 Å². The fraction of sp³-hybridized carbons (Fsp3) is 0.296. The molecule has 1 aliphatic carbocycles. The molecule has 2 heterocycles. The van der Waals surface area contributed by atoms with Gasteiger partial charge in [-0.05, 0) is 92.6 Å². The molecule has 1 amide bonds. The highest BCUT2D eigenvalue weighted by Gasteiger charge is 2.22. The molecule has 0 bridgehead atoms. The highest BCUT2D eigenvalue weighted by Crippen LogP contribution is 2.40. The van der Waals surface area contributed by atoms with Gasteiger partial charge in [0.2, 0.25) is 5.91 Å². The Kier molecular flexibility index (Phi) is 6.57. The number of anilines is 1. The zero-order valence-corrected chi connectivity index (χ0v) is 21.2. The summed E-state index contributed by atoms with van der Waals surface area (Å²) >= 11 is 3.28. The van der Waals surface area contributed by atoms with Crippen molar-refractivity contribution in [2.75, 3.05) is 18.2 Å². The number of benzene rings is 2. The minimum absolute atomic E-state index is 0.0307. The maximum absolute atomic E-state index is 12.8. The second-order valence-electron chi connectivity index (χ2n) is 8.69. The number of methoxy groups -OCH3 is 1. The number of nitrogens with one attached hydrogen (secondary N) is 1. The summed E-state index contributed by atoms with van der Waals surface area (Å²) < 4.78 is 5.30. The summed E-state index contributed by atoms with van der Waals surface area (Å²) in [5.41, 5.74) is 5.42. The molecule has 0 spiro atoms. The van der Waals surface area contributed by atoms with Crippen LogP contribution in [-0.4, -0.2) is 28.7 Å². The lowest BCUT2D eigenvalue weighted by atomic mass is 9.97. The summed E-state index contributed by atoms with van der Waals surface area (Å²) in [6, 6.07) is 13.9. The molecule has 2 aromatic carbocycles. The van der Waals surface area contributed by atoms with E-state index in [1.54, 1.807) is 18.4 Å². The van der Waals surface area contributed by atoms with Gasteiger partial charge in [-0.15, -0.1) is 11.3 Å². The summed E-state index contributed by atoms with van der Waals surface area (Å²) in [7, 11) is 1.66. The van der Waals surface area contributed by atoms with Crippen LogP contribution >= 0.6 is 23.1 Å². The smallest absolute Gasteiger partial charge is 0.234 e. The van der Waals surface area contributed by atoms with Gasteiger partial charge < -0.3 is 10.1 Å². The highest BCUT2D eigenvalue weighted by molar-refractivity contribution is 8.00. The summed E-state index contributed by atoms with van der Waals surface area (Å²) in [6.07, 6.45) is 4.57. The van der Waals surface area contributed by atoms with Crippen molar-refractivity contribution >= 4 is 44.9 Å². The van der Waals surface area contributed by atoms with Crippen molar-refractivity contribution in [2.24, 2.45) is 0 Å². The molecule has 4 aromatic rings. The van der Waals surface area contributed by atoms with Crippen molar-refractivity contribution in [3.05, 3.63) is 64.0 Å². The van der Waals surface area contributed by atoms with Crippen LogP contribution in [0.2, 0.25) is 0 Å². The minimum Gasteiger partial charge on any atom is -0.497 e. The lowest BCUT2D eigenvalue weighted by Crippen LogP contribution is -2.14. The van der Waals surface area contributed by atoms with Gasteiger partial charge in [-0.25, -0.2) is 9.97 Å². The van der Waals surface area contributed by atoms with E-state index < -0.39 is 0 Å². The lowest BCUT2D eigenvalue weighted by molar-refractivity contribution is -0.113. The quantitative estimate of drug-likeness (QED) is 0.244. The van der Waals surface area contributed by atoms with Crippen LogP contribution in [0, 0.1) is 13.8 Å². The Hall–Kier alpha value is -2.90. The molecule has 1 N–H and O–H groups in total. The number of thioether (sulfide) groups is 1. The van der Waals surface area contributed by atoms with Crippen LogP contribution in [0.5, 0.6) is 5.75 Å². The van der Waals surface area contributed by atoms with E-state index in [0.29, 0.717) is 11.6 Å². The normalized spacial score (nSPS) is 13.0. The van der Waals surface area contributed by atoms with Crippen LogP contribution in [0.3, 0.4) is 0 Å². The van der Waals surface area contributed by atoms with Gasteiger partial charge >= 0.3 is 0 Å². The first-order valence-corrected chi connectivity index (χ1v) is 13.3. The Morgan fingerprint density at radius 3 is 2.53 bits per heavy atom. The molecule has 0 fully saturated rings. The number of carbonyl (C=O) groups excluding carboxylic acids is 1. The largest absolute Gasteiger partial charge is 0.497 e. The molecule has 34 heavy (non-hydrogen) atoms. The summed E-state index contributed by atoms with van der Waals surface area (Å²) in [6.45, 7) is 4.07. The number of thiophene rings is 1. The SMILES string of the molecule is COc1ccc(-c2nc(SCC(=O)Nc3cc(C)cc(C)c3)c3c4c(sc3n2)CCCC4)cc1. The van der Waals surface area contributed by atoms with Gasteiger partial charge in [0.05, 0.1) is 12.9 Å². The number of rotatable bonds is 6. The Morgan fingerprint density at radius 1 is 1.06 bits per heavy atom. The second-order valence-corrected chi connectivity index (χ2v) is 10.7. The predicted octanol–water partition coefficient (Wildman–Crippen LogP) is 6.59. The fourth-order valence-corrected chi connectivity index (χ4v) is 6.66. The summed E-state index contributed by atoms with van der Waals surface area (Å²) in [5.74, 6) is 1.75. The molecular formula is C27H27N3O2S2. The van der Waals surface area contributed by atoms with E-state index in [4.69, 9.17) is 14.7 Å². The van der Waals surface area contributed by atoms with Crippen molar-refractivity contribution < 1.29 is 9.53 Å². The van der Waals surface area contributed by atoms with E-state index in [-0.39, 0.29) is 5.91 Å². The fourth-order valence-electron chi connectivity index (χ4n) is 4.48. The number of nitrogens with zero attached hydrogens (tertiary/aromatic N) is 2. The average molecular weight is 490 g/mol. The Bertz CT molecular complexity index is 1340. The third-order valence-electron chi connectivity index (χ3n) is 5.98. The molecule has 7 heteroatoms. The van der Waals surface area contributed by atoms with Gasteiger partial charge in [0.25, 0.3) is 0 Å². The first kappa shape index (κ1) is 22.9. The van der Waals surface area contributed by atoms with Crippen molar-refractivity contribution in [2.45, 2.75) is 44.6 Å². The second kappa shape index (κ2) is 9.76. The third kappa shape index (κ3) is 4.81. The number of carbonyl (C=O) groups is 1. The molecule has 0 radical (unpaired) electrons. The number of amides is 1. The van der Waals surface area contributed by atoms with E-state index in [1.165, 1.54) is 35.0 Å². The molecule has 0 aliphatic heterocycles. The maximum Gasteiger partial charge on any atom is 0.234 e. The van der Waals surface area contributed by atoms with Crippen molar-refractivity contribution in [3.63, 3.8) is 0 Å². The number of hydrogen-bond donors (Lipinski definition) is 1. The van der Waals surface area contributed by atoms with Crippen molar-refractivity contribution in [3.8, 4) is 17.1 Å². The van der Waals surface area contributed by atoms with Gasteiger partial charge in [-0.1, -0.05) is 17.8 Å². The Morgan fingerprint density at radius 2 is 1.79 bits per heavy atom. The number of fused-ring (bicyclic) bond motifs is 3. The average Bonchev–Trinajstić information content (AvgIpc) is 3.20. The zero-order valence-electron chi connectivity index (χ0n) is 19.6. The van der Waals surface area contributed by atoms with Crippen LogP contribution < -0.4 is 10.1 Å².